The molecule has 0 fully saturated rings. The van der Waals surface area contributed by atoms with E-state index in [1.807, 2.05) is 0 Å². The van der Waals surface area contributed by atoms with Gasteiger partial charge in [0.25, 0.3) is 5.69 Å². The predicted octanol–water partition coefficient (Wildman–Crippen LogP) is 2.16. The zero-order chi connectivity index (χ0) is 16.9. The fraction of sp³-hybridized carbons (Fsp3) is 0.385. The van der Waals surface area contributed by atoms with Gasteiger partial charge < -0.3 is 19.6 Å². The summed E-state index contributed by atoms with van der Waals surface area (Å²) in [4.78, 5) is 33.4. The summed E-state index contributed by atoms with van der Waals surface area (Å²) in [6.45, 7) is 1.55. The van der Waals surface area contributed by atoms with E-state index in [1.54, 1.807) is 0 Å². The van der Waals surface area contributed by atoms with Crippen LogP contribution in [0.4, 0.5) is 11.4 Å². The van der Waals surface area contributed by atoms with E-state index in [0.29, 0.717) is 10.8 Å². The molecular weight excluding hydrogens is 360 g/mol. The Morgan fingerprint density at radius 2 is 2.14 bits per heavy atom. The Bertz CT molecular complexity index is 606. The maximum Gasteiger partial charge on any atom is 0.339 e. The largest absolute Gasteiger partial charge is 0.465 e. The Morgan fingerprint density at radius 3 is 2.59 bits per heavy atom. The third-order valence-corrected chi connectivity index (χ3v) is 3.47. The van der Waals surface area contributed by atoms with Crippen LogP contribution in [0.1, 0.15) is 17.3 Å². The molecule has 1 atom stereocenters. The minimum Gasteiger partial charge on any atom is -0.465 e. The molecule has 0 aliphatic carbocycles. The number of hydrogen-bond donors (Lipinski definition) is 1. The van der Waals surface area contributed by atoms with Crippen LogP contribution >= 0.6 is 15.9 Å². The molecule has 0 spiro atoms. The molecule has 1 unspecified atom stereocenters. The molecule has 9 heteroatoms. The summed E-state index contributed by atoms with van der Waals surface area (Å²) in [5.41, 5.74) is -1.41. The van der Waals surface area contributed by atoms with Crippen LogP contribution in [0, 0.1) is 10.1 Å². The molecule has 0 saturated heterocycles. The molecule has 0 heterocycles. The minimum absolute atomic E-state index is 0.0132. The van der Waals surface area contributed by atoms with Crippen molar-refractivity contribution < 1.29 is 24.0 Å². The summed E-state index contributed by atoms with van der Waals surface area (Å²) in [6.07, 6.45) is 0.600. The molecule has 1 rings (SSSR count). The van der Waals surface area contributed by atoms with Gasteiger partial charge in [0, 0.05) is 17.6 Å². The number of carbonyl (C=O) groups is 2. The average Bonchev–Trinajstić information content (AvgIpc) is 2.46. The highest BCUT2D eigenvalue weighted by Gasteiger charge is 2.29. The number of ether oxygens (including phenoxy) is 2. The van der Waals surface area contributed by atoms with E-state index in [4.69, 9.17) is 4.74 Å². The number of esters is 1. The Balaban J connectivity index is 3.36. The molecule has 120 valence electrons. The number of nitro groups is 1. The highest BCUT2D eigenvalue weighted by Crippen LogP contribution is 2.33. The number of anilines is 1. The van der Waals surface area contributed by atoms with Gasteiger partial charge in [-0.1, -0.05) is 0 Å². The van der Waals surface area contributed by atoms with Gasteiger partial charge in [0.05, 0.1) is 24.2 Å². The summed E-state index contributed by atoms with van der Waals surface area (Å²) < 4.78 is 9.80. The van der Waals surface area contributed by atoms with E-state index in [2.05, 4.69) is 26.0 Å². The summed E-state index contributed by atoms with van der Waals surface area (Å²) >= 11 is 3.16. The smallest absolute Gasteiger partial charge is 0.339 e. The minimum atomic E-state index is -1.15. The fourth-order valence-corrected chi connectivity index (χ4v) is 2.29. The molecule has 0 aliphatic heterocycles. The van der Waals surface area contributed by atoms with Crippen LogP contribution in [0.5, 0.6) is 0 Å². The third kappa shape index (κ3) is 4.01. The average molecular weight is 375 g/mol. The first-order chi connectivity index (χ1) is 10.3. The van der Waals surface area contributed by atoms with E-state index >= 15 is 0 Å². The number of nitro benzene ring substituents is 1. The van der Waals surface area contributed by atoms with E-state index in [9.17, 15) is 19.7 Å². The van der Waals surface area contributed by atoms with Gasteiger partial charge in [-0.2, -0.15) is 0 Å². The topological polar surface area (TPSA) is 108 Å². The summed E-state index contributed by atoms with van der Waals surface area (Å²) in [5.74, 6) is -0.712. The summed E-state index contributed by atoms with van der Waals surface area (Å²) in [6, 6.07) is 2.43. The molecule has 1 aromatic carbocycles. The van der Waals surface area contributed by atoms with Crippen molar-refractivity contribution in [3.8, 4) is 0 Å². The van der Waals surface area contributed by atoms with Gasteiger partial charge >= 0.3 is 5.97 Å². The highest BCUT2D eigenvalue weighted by atomic mass is 79.9. The normalized spacial score (nSPS) is 13.1. The van der Waals surface area contributed by atoms with E-state index in [1.165, 1.54) is 27.2 Å². The first kappa shape index (κ1) is 18.1. The molecule has 0 saturated carbocycles. The van der Waals surface area contributed by atoms with Crippen LogP contribution in [0.3, 0.4) is 0 Å². The first-order valence-electron chi connectivity index (χ1n) is 6.07. The first-order valence-corrected chi connectivity index (χ1v) is 6.87. The van der Waals surface area contributed by atoms with Crippen LogP contribution < -0.4 is 5.32 Å². The number of methoxy groups -OCH3 is 2. The SMILES string of the molecule is COCC(C)(C=O)Nc1cc(Br)c(C(=O)OC)cc1[N+](=O)[O-]. The number of hydrogen-bond acceptors (Lipinski definition) is 7. The van der Waals surface area contributed by atoms with Crippen LogP contribution in [0.25, 0.3) is 0 Å². The van der Waals surface area contributed by atoms with Crippen molar-refractivity contribution in [3.63, 3.8) is 0 Å². The number of benzene rings is 1. The second kappa shape index (κ2) is 7.32. The molecule has 0 aliphatic rings. The van der Waals surface area contributed by atoms with E-state index in [-0.39, 0.29) is 23.5 Å². The standard InChI is InChI=1S/C13H15BrN2O6/c1-13(6-17,7-21-2)15-10-5-9(14)8(12(18)22-3)4-11(10)16(19)20/h4-6,15H,7H2,1-3H3. The lowest BCUT2D eigenvalue weighted by Gasteiger charge is -2.25. The molecule has 0 radical (unpaired) electrons. The highest BCUT2D eigenvalue weighted by molar-refractivity contribution is 9.10. The Labute approximate surface area is 135 Å². The molecule has 0 aromatic heterocycles. The van der Waals surface area contributed by atoms with Crippen molar-refractivity contribution in [2.75, 3.05) is 26.1 Å². The van der Waals surface area contributed by atoms with Crippen molar-refractivity contribution in [2.24, 2.45) is 0 Å². The van der Waals surface area contributed by atoms with Gasteiger partial charge in [-0.05, 0) is 28.9 Å². The van der Waals surface area contributed by atoms with Gasteiger partial charge in [0.1, 0.15) is 17.5 Å². The molecular formula is C13H15BrN2O6. The Kier molecular flexibility index (Phi) is 6.01. The third-order valence-electron chi connectivity index (χ3n) is 2.81. The Morgan fingerprint density at radius 1 is 1.50 bits per heavy atom. The molecule has 0 bridgehead atoms. The maximum atomic E-state index is 11.6. The lowest BCUT2D eigenvalue weighted by atomic mass is 10.0. The summed E-state index contributed by atoms with van der Waals surface area (Å²) in [7, 11) is 2.59. The lowest BCUT2D eigenvalue weighted by molar-refractivity contribution is -0.384. The fourth-order valence-electron chi connectivity index (χ4n) is 1.79. The number of nitrogens with zero attached hydrogens (tertiary/aromatic N) is 1. The zero-order valence-electron chi connectivity index (χ0n) is 12.2. The van der Waals surface area contributed by atoms with E-state index in [0.717, 1.165) is 6.07 Å². The molecule has 8 nitrogen and oxygen atoms in total. The molecule has 1 N–H and O–H groups in total. The molecule has 22 heavy (non-hydrogen) atoms. The van der Waals surface area contributed by atoms with Crippen molar-refractivity contribution in [1.29, 1.82) is 0 Å². The van der Waals surface area contributed by atoms with Gasteiger partial charge in [0.2, 0.25) is 0 Å². The van der Waals surface area contributed by atoms with Gasteiger partial charge in [-0.15, -0.1) is 0 Å². The number of aldehydes is 1. The second-order valence-electron chi connectivity index (χ2n) is 4.69. The molecule has 1 aromatic rings. The number of halogens is 1. The zero-order valence-corrected chi connectivity index (χ0v) is 13.8. The van der Waals surface area contributed by atoms with Crippen molar-refractivity contribution in [3.05, 3.63) is 32.3 Å². The van der Waals surface area contributed by atoms with Crippen LogP contribution in [0.15, 0.2) is 16.6 Å². The summed E-state index contributed by atoms with van der Waals surface area (Å²) in [5, 5.41) is 14.0. The van der Waals surface area contributed by atoms with E-state index < -0.39 is 16.4 Å². The van der Waals surface area contributed by atoms with Gasteiger partial charge in [-0.25, -0.2) is 4.79 Å². The number of rotatable bonds is 7. The quantitative estimate of drug-likeness (QED) is 0.337. The van der Waals surface area contributed by atoms with Crippen LogP contribution in [-0.4, -0.2) is 43.5 Å². The van der Waals surface area contributed by atoms with Crippen molar-refractivity contribution >= 4 is 39.6 Å². The number of carbonyl (C=O) groups excluding carboxylic acids is 2. The number of nitrogens with one attached hydrogen (secondary N) is 1. The second-order valence-corrected chi connectivity index (χ2v) is 5.55. The Hall–Kier alpha value is -2.00. The monoisotopic (exact) mass is 374 g/mol. The predicted molar refractivity (Wildman–Crippen MR) is 82.1 cm³/mol. The maximum absolute atomic E-state index is 11.6. The van der Waals surface area contributed by atoms with Gasteiger partial charge in [0.15, 0.2) is 0 Å². The van der Waals surface area contributed by atoms with Crippen molar-refractivity contribution in [2.45, 2.75) is 12.5 Å². The molecule has 0 amide bonds. The van der Waals surface area contributed by atoms with Gasteiger partial charge in [-0.3, -0.25) is 10.1 Å². The van der Waals surface area contributed by atoms with Crippen LogP contribution in [-0.2, 0) is 14.3 Å². The van der Waals surface area contributed by atoms with Crippen molar-refractivity contribution in [1.82, 2.24) is 0 Å². The lowest BCUT2D eigenvalue weighted by Crippen LogP contribution is -2.41. The van der Waals surface area contributed by atoms with Crippen LogP contribution in [0.2, 0.25) is 0 Å².